The summed E-state index contributed by atoms with van der Waals surface area (Å²) in [5.74, 6) is -0.190. The van der Waals surface area contributed by atoms with Crippen molar-refractivity contribution in [3.63, 3.8) is 0 Å². The lowest BCUT2D eigenvalue weighted by atomic mass is 10.0. The van der Waals surface area contributed by atoms with Gasteiger partial charge >= 0.3 is 0 Å². The van der Waals surface area contributed by atoms with Gasteiger partial charge in [-0.15, -0.1) is 0 Å². The molecule has 0 radical (unpaired) electrons. The first kappa shape index (κ1) is 29.7. The Hall–Kier alpha value is -4.32. The largest absolute Gasteiger partial charge is 0.394 e. The minimum atomic E-state index is -0.863. The Kier molecular flexibility index (Phi) is 8.87. The van der Waals surface area contributed by atoms with Crippen LogP contribution in [0, 0.1) is 6.92 Å². The van der Waals surface area contributed by atoms with E-state index in [4.69, 9.17) is 16.3 Å². The number of aryl methyl sites for hydroxylation is 1. The Labute approximate surface area is 260 Å². The second kappa shape index (κ2) is 13.1. The van der Waals surface area contributed by atoms with Crippen molar-refractivity contribution in [2.45, 2.75) is 50.9 Å². The summed E-state index contributed by atoms with van der Waals surface area (Å²) in [7, 11) is 0. The average molecular weight is 616 g/mol. The van der Waals surface area contributed by atoms with Crippen LogP contribution in [0.15, 0.2) is 61.2 Å². The van der Waals surface area contributed by atoms with Gasteiger partial charge in [0.1, 0.15) is 6.04 Å². The number of carbonyl (C=O) groups is 2. The van der Waals surface area contributed by atoms with E-state index in [0.717, 1.165) is 29.5 Å². The molecule has 0 saturated carbocycles. The number of nitrogens with one attached hydrogen (secondary N) is 3. The molecule has 4 N–H and O–H groups in total. The van der Waals surface area contributed by atoms with Crippen LogP contribution < -0.4 is 10.6 Å². The first-order chi connectivity index (χ1) is 21.4. The third-order valence-corrected chi connectivity index (χ3v) is 8.37. The van der Waals surface area contributed by atoms with Crippen LogP contribution >= 0.6 is 11.6 Å². The third-order valence-electron chi connectivity index (χ3n) is 8.09. The van der Waals surface area contributed by atoms with E-state index in [1.807, 2.05) is 43.3 Å². The van der Waals surface area contributed by atoms with Gasteiger partial charge in [0.15, 0.2) is 0 Å². The molecule has 0 bridgehead atoms. The van der Waals surface area contributed by atoms with Gasteiger partial charge in [0.2, 0.25) is 11.9 Å². The molecule has 2 amide bonds. The highest BCUT2D eigenvalue weighted by molar-refractivity contribution is 6.33. The molecule has 1 saturated heterocycles. The number of amides is 2. The normalized spacial score (nSPS) is 16.4. The first-order valence-electron chi connectivity index (χ1n) is 14.7. The molecule has 0 unspecified atom stereocenters. The molecule has 0 spiro atoms. The van der Waals surface area contributed by atoms with Crippen LogP contribution in [0.1, 0.15) is 51.6 Å². The summed E-state index contributed by atoms with van der Waals surface area (Å²) in [6.45, 7) is 3.29. The van der Waals surface area contributed by atoms with Crippen LogP contribution in [0.25, 0.3) is 11.3 Å². The molecule has 12 heteroatoms. The lowest BCUT2D eigenvalue weighted by Crippen LogP contribution is -2.49. The molecular formula is C32H34ClN7O4. The second-order valence-electron chi connectivity index (χ2n) is 11.2. The maximum Gasteiger partial charge on any atom is 0.255 e. The minimum absolute atomic E-state index is 0.201. The summed E-state index contributed by atoms with van der Waals surface area (Å²) in [6.07, 6.45) is 6.73. The molecule has 228 valence electrons. The van der Waals surface area contributed by atoms with Gasteiger partial charge in [0.05, 0.1) is 41.6 Å². The van der Waals surface area contributed by atoms with Crippen molar-refractivity contribution < 1.29 is 19.4 Å². The number of hydrogen-bond acceptors (Lipinski definition) is 8. The summed E-state index contributed by atoms with van der Waals surface area (Å²) in [6, 6.07) is 11.9. The molecule has 2 aromatic carbocycles. The van der Waals surface area contributed by atoms with Crippen LogP contribution in [0.5, 0.6) is 0 Å². The van der Waals surface area contributed by atoms with Crippen LogP contribution in [0.4, 0.5) is 5.95 Å². The maximum atomic E-state index is 13.9. The minimum Gasteiger partial charge on any atom is -0.394 e. The molecule has 44 heavy (non-hydrogen) atoms. The zero-order chi connectivity index (χ0) is 30.6. The van der Waals surface area contributed by atoms with E-state index >= 15 is 0 Å². The average Bonchev–Trinajstić information content (AvgIpc) is 3.67. The van der Waals surface area contributed by atoms with E-state index in [0.29, 0.717) is 46.7 Å². The number of halogens is 1. The van der Waals surface area contributed by atoms with Crippen molar-refractivity contribution in [2.24, 2.45) is 0 Å². The topological polar surface area (TPSA) is 145 Å². The summed E-state index contributed by atoms with van der Waals surface area (Å²) in [5.41, 5.74) is 4.90. The van der Waals surface area contributed by atoms with Crippen molar-refractivity contribution >= 4 is 29.4 Å². The molecule has 2 aromatic heterocycles. The zero-order valence-corrected chi connectivity index (χ0v) is 25.1. The van der Waals surface area contributed by atoms with Gasteiger partial charge in [-0.1, -0.05) is 53.6 Å². The molecule has 4 aromatic rings. The fraction of sp³-hybridized carbons (Fsp3) is 0.344. The van der Waals surface area contributed by atoms with Gasteiger partial charge in [0, 0.05) is 49.5 Å². The maximum absolute atomic E-state index is 13.9. The van der Waals surface area contributed by atoms with Crippen LogP contribution in [0.2, 0.25) is 5.02 Å². The van der Waals surface area contributed by atoms with Gasteiger partial charge in [-0.3, -0.25) is 9.59 Å². The van der Waals surface area contributed by atoms with Crippen LogP contribution in [0.3, 0.4) is 0 Å². The van der Waals surface area contributed by atoms with Gasteiger partial charge < -0.3 is 30.4 Å². The molecule has 0 aliphatic carbocycles. The van der Waals surface area contributed by atoms with Crippen LogP contribution in [-0.2, 0) is 22.5 Å². The quantitative estimate of drug-likeness (QED) is 0.211. The fourth-order valence-electron chi connectivity index (χ4n) is 5.72. The highest BCUT2D eigenvalue weighted by Gasteiger charge is 2.38. The lowest BCUT2D eigenvalue weighted by Gasteiger charge is -2.28. The Morgan fingerprint density at radius 3 is 2.80 bits per heavy atom. The number of aromatic nitrogens is 4. The molecule has 11 nitrogen and oxygen atoms in total. The Balaban J connectivity index is 1.25. The van der Waals surface area contributed by atoms with Crippen LogP contribution in [-0.4, -0.2) is 73.7 Å². The molecule has 6 rings (SSSR count). The van der Waals surface area contributed by atoms with Gasteiger partial charge in [-0.2, -0.15) is 0 Å². The van der Waals surface area contributed by atoms with Crippen molar-refractivity contribution in [1.29, 1.82) is 0 Å². The number of benzene rings is 2. The summed E-state index contributed by atoms with van der Waals surface area (Å²) < 4.78 is 5.44. The highest BCUT2D eigenvalue weighted by Crippen LogP contribution is 2.33. The van der Waals surface area contributed by atoms with Crippen molar-refractivity contribution in [3.05, 3.63) is 94.2 Å². The summed E-state index contributed by atoms with van der Waals surface area (Å²) in [5, 5.41) is 16.8. The second-order valence-corrected chi connectivity index (χ2v) is 11.6. The number of nitrogens with zero attached hydrogens (tertiary/aromatic N) is 4. The van der Waals surface area contributed by atoms with Crippen molar-refractivity contribution in [3.8, 4) is 11.3 Å². The van der Waals surface area contributed by atoms with Crippen molar-refractivity contribution in [2.75, 3.05) is 25.1 Å². The first-order valence-corrected chi connectivity index (χ1v) is 15.0. The number of aliphatic hydroxyl groups is 1. The van der Waals surface area contributed by atoms with Gasteiger partial charge in [-0.25, -0.2) is 15.0 Å². The number of imidazole rings is 1. The summed E-state index contributed by atoms with van der Waals surface area (Å²) in [4.78, 5) is 45.5. The van der Waals surface area contributed by atoms with Gasteiger partial charge in [0.25, 0.3) is 5.91 Å². The Morgan fingerprint density at radius 2 is 2.05 bits per heavy atom. The molecule has 2 aliphatic rings. The number of H-pyrrole nitrogens is 1. The van der Waals surface area contributed by atoms with E-state index in [2.05, 4.69) is 30.6 Å². The number of anilines is 1. The number of rotatable bonds is 10. The zero-order valence-electron chi connectivity index (χ0n) is 24.3. The molecule has 2 atom stereocenters. The third kappa shape index (κ3) is 6.45. The number of ether oxygens (including phenoxy) is 1. The Morgan fingerprint density at radius 1 is 1.20 bits per heavy atom. The smallest absolute Gasteiger partial charge is 0.255 e. The summed E-state index contributed by atoms with van der Waals surface area (Å²) >= 11 is 6.53. The van der Waals surface area contributed by atoms with Gasteiger partial charge in [-0.05, 0) is 37.0 Å². The van der Waals surface area contributed by atoms with E-state index in [-0.39, 0.29) is 37.4 Å². The van der Waals surface area contributed by atoms with E-state index in [1.165, 1.54) is 6.33 Å². The molecule has 2 aliphatic heterocycles. The number of fused-ring (bicyclic) bond motifs is 1. The predicted octanol–water partition coefficient (Wildman–Crippen LogP) is 3.84. The predicted molar refractivity (Wildman–Crippen MR) is 165 cm³/mol. The fourth-order valence-corrected chi connectivity index (χ4v) is 5.92. The number of hydrogen-bond donors (Lipinski definition) is 4. The SMILES string of the molecule is Cc1cccc([C@@H](CO)NC(=O)[C@@H](Cc2c[nH]cn2)N2Cc3ccc(-c4nc(NC5CCOCC5)ncc4Cl)cc3C2=O)c1. The highest BCUT2D eigenvalue weighted by atomic mass is 35.5. The number of aromatic amines is 1. The van der Waals surface area contributed by atoms with E-state index < -0.39 is 12.1 Å². The molecular weight excluding hydrogens is 582 g/mol. The molecule has 1 fully saturated rings. The van der Waals surface area contributed by atoms with E-state index in [9.17, 15) is 14.7 Å². The van der Waals surface area contributed by atoms with Crippen molar-refractivity contribution in [1.82, 2.24) is 30.2 Å². The van der Waals surface area contributed by atoms with E-state index in [1.54, 1.807) is 23.4 Å². The molecule has 4 heterocycles. The number of aliphatic hydroxyl groups excluding tert-OH is 1. The number of carbonyl (C=O) groups excluding carboxylic acids is 2. The monoisotopic (exact) mass is 615 g/mol. The standard InChI is InChI=1S/C32H34ClN7O4/c1-19-3-2-4-20(11-19)27(17-41)38-30(42)28(13-24-14-34-18-36-24)40-16-22-6-5-21(12-25(22)31(40)43)29-26(33)15-35-32(39-29)37-23-7-9-44-10-8-23/h2-6,11-12,14-15,18,23,27-28,41H,7-10,13,16-17H2,1H3,(H,34,36)(H,38,42)(H,35,37,39)/t27-,28-/m1/s1. The lowest BCUT2D eigenvalue weighted by molar-refractivity contribution is -0.126. The Bertz CT molecular complexity index is 1640.